The molecule has 0 fully saturated rings. The van der Waals surface area contributed by atoms with Gasteiger partial charge in [0.2, 0.25) is 0 Å². The fourth-order valence-electron chi connectivity index (χ4n) is 0.118. The Morgan fingerprint density at radius 2 is 2.40 bits per heavy atom. The molecule has 0 nitrogen and oxygen atoms in total. The normalized spacial score (nSPS) is 10.0. The van der Waals surface area contributed by atoms with Crippen molar-refractivity contribution in [2.24, 2.45) is 0 Å². The van der Waals surface area contributed by atoms with Gasteiger partial charge >= 0.3 is 46.0 Å². The van der Waals surface area contributed by atoms with E-state index in [1.54, 1.807) is 22.5 Å². The molecule has 0 heterocycles. The SMILES string of the molecule is C/C=C/[CH2][Sn]. The van der Waals surface area contributed by atoms with Gasteiger partial charge in [0.1, 0.15) is 0 Å². The first-order chi connectivity index (χ1) is 2.41. The van der Waals surface area contributed by atoms with Crippen LogP contribution in [0.15, 0.2) is 12.2 Å². The minimum atomic E-state index is 1.25. The van der Waals surface area contributed by atoms with E-state index in [-0.39, 0.29) is 0 Å². The van der Waals surface area contributed by atoms with Crippen molar-refractivity contribution in [3.63, 3.8) is 0 Å². The molecule has 0 bridgehead atoms. The van der Waals surface area contributed by atoms with Gasteiger partial charge < -0.3 is 0 Å². The summed E-state index contributed by atoms with van der Waals surface area (Å²) in [5.41, 5.74) is 0. The first-order valence-electron chi connectivity index (χ1n) is 1.67. The van der Waals surface area contributed by atoms with E-state index >= 15 is 0 Å². The summed E-state index contributed by atoms with van der Waals surface area (Å²) in [6, 6.07) is 0. The van der Waals surface area contributed by atoms with E-state index in [4.69, 9.17) is 0 Å². The molecule has 0 N–H and O–H groups in total. The zero-order valence-electron chi connectivity index (χ0n) is 3.36. The van der Waals surface area contributed by atoms with Crippen LogP contribution in [-0.4, -0.2) is 22.5 Å². The summed E-state index contributed by atoms with van der Waals surface area (Å²) in [4.78, 5) is 0. The molecule has 5 heavy (non-hydrogen) atoms. The van der Waals surface area contributed by atoms with Crippen LogP contribution in [0.3, 0.4) is 0 Å². The van der Waals surface area contributed by atoms with Crippen molar-refractivity contribution < 1.29 is 0 Å². The van der Waals surface area contributed by atoms with Crippen molar-refractivity contribution in [1.29, 1.82) is 0 Å². The third kappa shape index (κ3) is 4.54. The molecule has 0 spiro atoms. The summed E-state index contributed by atoms with van der Waals surface area (Å²) >= 11 is 1.60. The summed E-state index contributed by atoms with van der Waals surface area (Å²) in [5.74, 6) is 0. The van der Waals surface area contributed by atoms with Gasteiger partial charge in [0.15, 0.2) is 0 Å². The van der Waals surface area contributed by atoms with Crippen molar-refractivity contribution >= 4 is 22.5 Å². The van der Waals surface area contributed by atoms with E-state index in [1.165, 1.54) is 4.44 Å². The maximum absolute atomic E-state index is 2.16. The number of hydrogen-bond donors (Lipinski definition) is 0. The van der Waals surface area contributed by atoms with Crippen molar-refractivity contribution in [2.45, 2.75) is 11.4 Å². The van der Waals surface area contributed by atoms with Gasteiger partial charge in [0.05, 0.1) is 0 Å². The molecule has 0 atom stereocenters. The van der Waals surface area contributed by atoms with Crippen molar-refractivity contribution in [3.8, 4) is 0 Å². The monoisotopic (exact) mass is 175 g/mol. The molecular formula is C4H7Sn. The van der Waals surface area contributed by atoms with Gasteiger partial charge in [-0.25, -0.2) is 0 Å². The molecule has 0 aromatic rings. The Bertz CT molecular complexity index is 30.6. The number of hydrogen-bond acceptors (Lipinski definition) is 0. The Morgan fingerprint density at radius 1 is 1.80 bits per heavy atom. The molecule has 0 saturated carbocycles. The molecule has 27 valence electrons. The molecule has 0 aliphatic carbocycles. The zero-order chi connectivity index (χ0) is 4.12. The molecule has 0 aromatic heterocycles. The molecule has 0 aliphatic rings. The van der Waals surface area contributed by atoms with Gasteiger partial charge in [-0.3, -0.25) is 0 Å². The Hall–Kier alpha value is 0.539. The van der Waals surface area contributed by atoms with Crippen molar-refractivity contribution in [3.05, 3.63) is 12.2 Å². The Kier molecular flexibility index (Phi) is 5.03. The molecule has 0 unspecified atom stereocenters. The van der Waals surface area contributed by atoms with Gasteiger partial charge in [-0.2, -0.15) is 0 Å². The minimum absolute atomic E-state index is 1.25. The van der Waals surface area contributed by atoms with Crippen LogP contribution in [0.2, 0.25) is 4.44 Å². The van der Waals surface area contributed by atoms with Crippen LogP contribution in [0.4, 0.5) is 0 Å². The van der Waals surface area contributed by atoms with Gasteiger partial charge in [0, 0.05) is 0 Å². The van der Waals surface area contributed by atoms with E-state index in [0.717, 1.165) is 0 Å². The molecule has 0 saturated heterocycles. The van der Waals surface area contributed by atoms with Crippen molar-refractivity contribution in [2.75, 3.05) is 0 Å². The Labute approximate surface area is 46.4 Å². The quantitative estimate of drug-likeness (QED) is 0.413. The summed E-state index contributed by atoms with van der Waals surface area (Å²) in [5, 5.41) is 0. The number of allylic oxidation sites excluding steroid dienone is 2. The van der Waals surface area contributed by atoms with Crippen LogP contribution in [0.1, 0.15) is 6.92 Å². The standard InChI is InChI=1S/C4H7.Sn/c1-3-4-2;/h3-4H,1H2,2H3;/b4-3+;. The van der Waals surface area contributed by atoms with E-state index in [1.807, 2.05) is 6.92 Å². The second-order valence-corrected chi connectivity index (χ2v) is 1.94. The van der Waals surface area contributed by atoms with Gasteiger partial charge in [0.25, 0.3) is 0 Å². The summed E-state index contributed by atoms with van der Waals surface area (Å²) in [6.45, 7) is 2.05. The predicted molar refractivity (Wildman–Crippen MR) is 25.4 cm³/mol. The average Bonchev–Trinajstić information content (AvgIpc) is 1.41. The van der Waals surface area contributed by atoms with Crippen LogP contribution in [-0.2, 0) is 0 Å². The molecule has 0 aliphatic heterocycles. The van der Waals surface area contributed by atoms with E-state index in [9.17, 15) is 0 Å². The second kappa shape index (κ2) is 4.54. The number of rotatable bonds is 1. The van der Waals surface area contributed by atoms with E-state index < -0.39 is 0 Å². The first-order valence-corrected chi connectivity index (χ1v) is 3.69. The maximum atomic E-state index is 2.16. The van der Waals surface area contributed by atoms with Crippen LogP contribution in [0, 0.1) is 0 Å². The molecule has 0 aromatic carbocycles. The molecular weight excluding hydrogens is 167 g/mol. The fourth-order valence-corrected chi connectivity index (χ4v) is 0.791. The second-order valence-electron chi connectivity index (χ2n) is 0.773. The summed E-state index contributed by atoms with van der Waals surface area (Å²) < 4.78 is 1.25. The van der Waals surface area contributed by atoms with Crippen LogP contribution < -0.4 is 0 Å². The molecule has 0 rings (SSSR count). The van der Waals surface area contributed by atoms with Crippen LogP contribution in [0.5, 0.6) is 0 Å². The Morgan fingerprint density at radius 3 is 2.40 bits per heavy atom. The predicted octanol–water partition coefficient (Wildman–Crippen LogP) is 1.15. The first kappa shape index (κ1) is 5.54. The molecule has 3 radical (unpaired) electrons. The molecule has 1 heteroatoms. The van der Waals surface area contributed by atoms with Gasteiger partial charge in [-0.05, 0) is 0 Å². The summed E-state index contributed by atoms with van der Waals surface area (Å²) in [6.07, 6.45) is 4.24. The third-order valence-corrected chi connectivity index (χ3v) is 1.03. The molecule has 0 amide bonds. The summed E-state index contributed by atoms with van der Waals surface area (Å²) in [7, 11) is 0. The van der Waals surface area contributed by atoms with Crippen LogP contribution in [0.25, 0.3) is 0 Å². The third-order valence-electron chi connectivity index (χ3n) is 0.354. The van der Waals surface area contributed by atoms with Crippen LogP contribution >= 0.6 is 0 Å². The topological polar surface area (TPSA) is 0 Å². The average molecular weight is 174 g/mol. The Balaban J connectivity index is 2.62. The fraction of sp³-hybridized carbons (Fsp3) is 0.500. The zero-order valence-corrected chi connectivity index (χ0v) is 6.22. The van der Waals surface area contributed by atoms with Crippen molar-refractivity contribution in [1.82, 2.24) is 0 Å². The van der Waals surface area contributed by atoms with E-state index in [2.05, 4.69) is 12.2 Å². The van der Waals surface area contributed by atoms with Gasteiger partial charge in [-0.15, -0.1) is 0 Å². The van der Waals surface area contributed by atoms with E-state index in [0.29, 0.717) is 0 Å². The van der Waals surface area contributed by atoms with Gasteiger partial charge in [-0.1, -0.05) is 0 Å².